The highest BCUT2D eigenvalue weighted by Crippen LogP contribution is 2.38. The smallest absolute Gasteiger partial charge is 0.274 e. The molecule has 1 aliphatic rings. The highest BCUT2D eigenvalue weighted by atomic mass is 32.2. The molecule has 0 spiro atoms. The Morgan fingerprint density at radius 3 is 1.81 bits per heavy atom. The number of fused-ring (bicyclic) bond motifs is 1. The third-order valence-corrected chi connectivity index (χ3v) is 4.53. The first-order valence-corrected chi connectivity index (χ1v) is 9.85. The molecular weight excluding hydrogens is 393 g/mol. The Kier molecular flexibility index (Phi) is 8.06. The van der Waals surface area contributed by atoms with E-state index in [1.54, 1.807) is 30.5 Å². The number of hydrogen-bond donors (Lipinski definition) is 0. The fraction of sp³-hybridized carbons (Fsp3) is 0.529. The lowest BCUT2D eigenvalue weighted by atomic mass is 10.1. The summed E-state index contributed by atoms with van der Waals surface area (Å²) in [5.41, 5.74) is 0.935. The van der Waals surface area contributed by atoms with Gasteiger partial charge in [0.2, 0.25) is 0 Å². The van der Waals surface area contributed by atoms with Crippen molar-refractivity contribution >= 4 is 22.6 Å². The third-order valence-electron chi connectivity index (χ3n) is 3.67. The first-order chi connectivity index (χ1) is 12.4. The summed E-state index contributed by atoms with van der Waals surface area (Å²) in [4.78, 5) is 25.1. The molecule has 1 unspecified atom stereocenters. The minimum atomic E-state index is -5.39. The molecule has 152 valence electrons. The van der Waals surface area contributed by atoms with Crippen LogP contribution in [-0.4, -0.2) is 51.6 Å². The summed E-state index contributed by atoms with van der Waals surface area (Å²) in [5, 5.41) is 0. The van der Waals surface area contributed by atoms with Crippen LogP contribution in [0.2, 0.25) is 0 Å². The average molecular weight is 413 g/mol. The van der Waals surface area contributed by atoms with Crippen LogP contribution in [0, 0.1) is 0 Å². The van der Waals surface area contributed by atoms with E-state index in [9.17, 15) is 35.8 Å². The molecule has 27 heavy (non-hydrogen) atoms. The molecule has 4 nitrogen and oxygen atoms in total. The van der Waals surface area contributed by atoms with Crippen molar-refractivity contribution in [2.24, 2.45) is 0 Å². The van der Waals surface area contributed by atoms with Crippen LogP contribution in [0.15, 0.2) is 24.3 Å². The maximum absolute atomic E-state index is 11.9. The SMILES string of the molecule is CCCC(F)(F)C(F)(F)F.CS(=O)CCCN1C(=O)c2ccccc2C1=O. The molecule has 0 N–H and O–H groups in total. The van der Waals surface area contributed by atoms with Crippen molar-refractivity contribution in [2.75, 3.05) is 18.6 Å². The molecule has 0 radical (unpaired) electrons. The van der Waals surface area contributed by atoms with E-state index in [0.29, 0.717) is 29.8 Å². The summed E-state index contributed by atoms with van der Waals surface area (Å²) in [5.74, 6) is -4.49. The van der Waals surface area contributed by atoms with E-state index in [2.05, 4.69) is 0 Å². The number of hydrogen-bond acceptors (Lipinski definition) is 3. The second kappa shape index (κ2) is 9.38. The maximum atomic E-state index is 11.9. The normalized spacial score (nSPS) is 15.3. The maximum Gasteiger partial charge on any atom is 0.453 e. The van der Waals surface area contributed by atoms with Crippen molar-refractivity contribution in [2.45, 2.75) is 38.3 Å². The summed E-state index contributed by atoms with van der Waals surface area (Å²) in [6.07, 6.45) is -4.50. The third kappa shape index (κ3) is 6.08. The predicted molar refractivity (Wildman–Crippen MR) is 91.3 cm³/mol. The van der Waals surface area contributed by atoms with Crippen molar-refractivity contribution in [1.29, 1.82) is 0 Å². The van der Waals surface area contributed by atoms with Gasteiger partial charge in [-0.2, -0.15) is 22.0 Å². The number of halogens is 5. The number of carbonyl (C=O) groups excluding carboxylic acids is 2. The quantitative estimate of drug-likeness (QED) is 0.523. The zero-order valence-electron chi connectivity index (χ0n) is 14.8. The Morgan fingerprint density at radius 2 is 1.48 bits per heavy atom. The van der Waals surface area contributed by atoms with Gasteiger partial charge >= 0.3 is 12.1 Å². The predicted octanol–water partition coefficient (Wildman–Crippen LogP) is 4.04. The van der Waals surface area contributed by atoms with Crippen LogP contribution in [0.1, 0.15) is 46.9 Å². The van der Waals surface area contributed by atoms with E-state index in [1.807, 2.05) is 0 Å². The molecule has 0 aliphatic carbocycles. The topological polar surface area (TPSA) is 54.5 Å². The van der Waals surface area contributed by atoms with Gasteiger partial charge in [0, 0.05) is 35.8 Å². The fourth-order valence-electron chi connectivity index (χ4n) is 2.32. The Labute approximate surface area is 156 Å². The number of benzene rings is 1. The number of alkyl halides is 5. The fourth-order valence-corrected chi connectivity index (χ4v) is 2.86. The molecule has 2 rings (SSSR count). The lowest BCUT2D eigenvalue weighted by Crippen LogP contribution is -2.35. The minimum Gasteiger partial charge on any atom is -0.274 e. The Balaban J connectivity index is 0.000000314. The highest BCUT2D eigenvalue weighted by molar-refractivity contribution is 7.84. The van der Waals surface area contributed by atoms with Gasteiger partial charge in [0.1, 0.15) is 0 Å². The first kappa shape index (κ1) is 23.2. The van der Waals surface area contributed by atoms with Crippen LogP contribution in [0.3, 0.4) is 0 Å². The van der Waals surface area contributed by atoms with Crippen molar-refractivity contribution in [1.82, 2.24) is 4.90 Å². The van der Waals surface area contributed by atoms with Gasteiger partial charge in [-0.15, -0.1) is 0 Å². The lowest BCUT2D eigenvalue weighted by Gasteiger charge is -2.18. The minimum absolute atomic E-state index is 0.174. The monoisotopic (exact) mass is 413 g/mol. The summed E-state index contributed by atoms with van der Waals surface area (Å²) in [6.45, 7) is 1.62. The van der Waals surface area contributed by atoms with E-state index < -0.39 is 29.3 Å². The van der Waals surface area contributed by atoms with Gasteiger partial charge in [-0.05, 0) is 18.6 Å². The Morgan fingerprint density at radius 1 is 1.00 bits per heavy atom. The molecule has 0 saturated carbocycles. The number of imide groups is 1. The molecular formula is C17H20F5NO3S. The van der Waals surface area contributed by atoms with Gasteiger partial charge in [0.15, 0.2) is 0 Å². The van der Waals surface area contributed by atoms with Gasteiger partial charge in [-0.1, -0.05) is 25.5 Å². The number of rotatable bonds is 6. The first-order valence-electron chi connectivity index (χ1n) is 8.12. The van der Waals surface area contributed by atoms with E-state index >= 15 is 0 Å². The molecule has 1 heterocycles. The van der Waals surface area contributed by atoms with Crippen LogP contribution < -0.4 is 0 Å². The highest BCUT2D eigenvalue weighted by Gasteiger charge is 2.56. The van der Waals surface area contributed by atoms with Crippen LogP contribution in [0.4, 0.5) is 22.0 Å². The zero-order valence-corrected chi connectivity index (χ0v) is 15.6. The molecule has 0 bridgehead atoms. The molecule has 1 aromatic rings. The lowest BCUT2D eigenvalue weighted by molar-refractivity contribution is -0.284. The van der Waals surface area contributed by atoms with Crippen LogP contribution in [0.5, 0.6) is 0 Å². The van der Waals surface area contributed by atoms with Gasteiger partial charge in [-0.25, -0.2) is 0 Å². The van der Waals surface area contributed by atoms with E-state index in [1.165, 1.54) is 11.8 Å². The van der Waals surface area contributed by atoms with Gasteiger partial charge in [0.25, 0.3) is 11.8 Å². The second-order valence-corrected chi connectivity index (χ2v) is 7.45. The molecule has 10 heteroatoms. The van der Waals surface area contributed by atoms with Crippen LogP contribution >= 0.6 is 0 Å². The van der Waals surface area contributed by atoms with Crippen LogP contribution in [0.25, 0.3) is 0 Å². The molecule has 0 saturated heterocycles. The van der Waals surface area contributed by atoms with Gasteiger partial charge < -0.3 is 0 Å². The standard InChI is InChI=1S/C12H13NO3S.C5H7F5/c1-17(16)8-4-7-13-11(14)9-5-2-3-6-10(9)12(13)15;1-2-3-4(6,7)5(8,9)10/h2-3,5-6H,4,7-8H2,1H3;2-3H2,1H3. The molecule has 0 fully saturated rings. The summed E-state index contributed by atoms with van der Waals surface area (Å²) < 4.78 is 68.3. The summed E-state index contributed by atoms with van der Waals surface area (Å²) >= 11 is 0. The Hall–Kier alpha value is -1.84. The molecule has 1 aromatic carbocycles. The largest absolute Gasteiger partial charge is 0.453 e. The zero-order chi connectivity index (χ0) is 20.8. The number of nitrogens with zero attached hydrogens (tertiary/aromatic N) is 1. The van der Waals surface area contributed by atoms with Crippen molar-refractivity contribution in [3.8, 4) is 0 Å². The van der Waals surface area contributed by atoms with Gasteiger partial charge in [0.05, 0.1) is 11.1 Å². The molecule has 1 atom stereocenters. The number of carbonyl (C=O) groups is 2. The molecule has 2 amide bonds. The van der Waals surface area contributed by atoms with E-state index in [0.717, 1.165) is 0 Å². The second-order valence-electron chi connectivity index (χ2n) is 5.89. The van der Waals surface area contributed by atoms with Crippen LogP contribution in [-0.2, 0) is 10.8 Å². The summed E-state index contributed by atoms with van der Waals surface area (Å²) in [7, 11) is -0.888. The number of amides is 2. The average Bonchev–Trinajstić information content (AvgIpc) is 2.79. The van der Waals surface area contributed by atoms with Crippen molar-refractivity contribution < 1.29 is 35.8 Å². The van der Waals surface area contributed by atoms with Crippen molar-refractivity contribution in [3.63, 3.8) is 0 Å². The molecule has 1 aliphatic heterocycles. The van der Waals surface area contributed by atoms with E-state index in [4.69, 9.17) is 0 Å². The Bertz CT molecular complexity index is 671. The van der Waals surface area contributed by atoms with E-state index in [-0.39, 0.29) is 18.2 Å². The summed E-state index contributed by atoms with van der Waals surface area (Å²) in [6, 6.07) is 6.81. The van der Waals surface area contributed by atoms with Crippen molar-refractivity contribution in [3.05, 3.63) is 35.4 Å². The van der Waals surface area contributed by atoms with Gasteiger partial charge in [-0.3, -0.25) is 18.7 Å². The molecule has 0 aromatic heterocycles.